The second kappa shape index (κ2) is 10.8. The molecule has 1 unspecified atom stereocenters. The first-order valence-electron chi connectivity index (χ1n) is 10.6. The molecule has 3 aromatic carbocycles. The van der Waals surface area contributed by atoms with Crippen LogP contribution in [0.2, 0.25) is 0 Å². The van der Waals surface area contributed by atoms with Crippen molar-refractivity contribution in [2.75, 3.05) is 18.2 Å². The highest BCUT2D eigenvalue weighted by Gasteiger charge is 2.21. The summed E-state index contributed by atoms with van der Waals surface area (Å²) in [4.78, 5) is 12.5. The summed E-state index contributed by atoms with van der Waals surface area (Å²) >= 11 is 1.27. The molecule has 0 radical (unpaired) electrons. The predicted octanol–water partition coefficient (Wildman–Crippen LogP) is 4.85. The lowest BCUT2D eigenvalue weighted by Gasteiger charge is -2.17. The lowest BCUT2D eigenvalue weighted by Crippen LogP contribution is -2.15. The van der Waals surface area contributed by atoms with Crippen molar-refractivity contribution in [1.82, 2.24) is 14.8 Å². The highest BCUT2D eigenvalue weighted by atomic mass is 32.2. The van der Waals surface area contributed by atoms with Gasteiger partial charge in [-0.25, -0.2) is 0 Å². The van der Waals surface area contributed by atoms with Crippen LogP contribution in [0.3, 0.4) is 0 Å². The number of aromatic hydroxyl groups is 1. The maximum absolute atomic E-state index is 12.5. The number of nitrogens with zero attached hydrogens (tertiary/aromatic N) is 3. The molecule has 0 saturated heterocycles. The first-order valence-corrected chi connectivity index (χ1v) is 11.5. The van der Waals surface area contributed by atoms with E-state index in [-0.39, 0.29) is 17.4 Å². The Labute approximate surface area is 201 Å². The number of hydrogen-bond acceptors (Lipinski definition) is 7. The minimum absolute atomic E-state index is 0.0877. The van der Waals surface area contributed by atoms with E-state index in [1.165, 1.54) is 17.8 Å². The van der Waals surface area contributed by atoms with Crippen LogP contribution in [0.15, 0.2) is 84.0 Å². The van der Waals surface area contributed by atoms with Gasteiger partial charge in [-0.15, -0.1) is 10.2 Å². The van der Waals surface area contributed by atoms with Crippen LogP contribution in [0.5, 0.6) is 17.2 Å². The number of thioether (sulfide) groups is 1. The molecule has 1 atom stereocenters. The SMILES string of the molecule is COc1ccc(OC(C)c2nnc(SCC(=O)Nc3cccc(O)c3)n2-c2ccccc2)cc1. The van der Waals surface area contributed by atoms with Crippen LogP contribution in [0.25, 0.3) is 5.69 Å². The molecule has 9 heteroatoms. The third-order valence-corrected chi connectivity index (χ3v) is 5.80. The van der Waals surface area contributed by atoms with Gasteiger partial charge in [0.2, 0.25) is 5.91 Å². The van der Waals surface area contributed by atoms with E-state index in [0.717, 1.165) is 11.4 Å². The van der Waals surface area contributed by atoms with E-state index in [1.54, 1.807) is 25.3 Å². The summed E-state index contributed by atoms with van der Waals surface area (Å²) in [6.45, 7) is 1.90. The Balaban J connectivity index is 1.52. The Kier molecular flexibility index (Phi) is 7.34. The highest BCUT2D eigenvalue weighted by Crippen LogP contribution is 2.28. The van der Waals surface area contributed by atoms with Gasteiger partial charge in [0.05, 0.1) is 12.9 Å². The minimum Gasteiger partial charge on any atom is -0.508 e. The lowest BCUT2D eigenvalue weighted by molar-refractivity contribution is -0.113. The zero-order chi connectivity index (χ0) is 23.9. The van der Waals surface area contributed by atoms with Gasteiger partial charge in [0, 0.05) is 17.4 Å². The topological polar surface area (TPSA) is 98.5 Å². The van der Waals surface area contributed by atoms with Crippen molar-refractivity contribution >= 4 is 23.4 Å². The third kappa shape index (κ3) is 5.68. The zero-order valence-electron chi connectivity index (χ0n) is 18.7. The van der Waals surface area contributed by atoms with Crippen molar-refractivity contribution in [2.24, 2.45) is 0 Å². The predicted molar refractivity (Wildman–Crippen MR) is 131 cm³/mol. The number of para-hydroxylation sites is 1. The standard InChI is InChI=1S/C25H24N4O4S/c1-17(33-22-13-11-21(32-2)12-14-22)24-27-28-25(29(24)19-8-4-3-5-9-19)34-16-23(31)26-18-7-6-10-20(30)15-18/h3-15,17,30H,16H2,1-2H3,(H,26,31). The van der Waals surface area contributed by atoms with E-state index >= 15 is 0 Å². The summed E-state index contributed by atoms with van der Waals surface area (Å²) in [5, 5.41) is 21.6. The van der Waals surface area contributed by atoms with E-state index in [2.05, 4.69) is 15.5 Å². The average molecular weight is 477 g/mol. The Morgan fingerprint density at radius 1 is 1.03 bits per heavy atom. The molecule has 0 fully saturated rings. The van der Waals surface area contributed by atoms with Crippen molar-refractivity contribution in [3.8, 4) is 22.9 Å². The Morgan fingerprint density at radius 3 is 2.47 bits per heavy atom. The van der Waals surface area contributed by atoms with Gasteiger partial charge >= 0.3 is 0 Å². The van der Waals surface area contributed by atoms with Crippen LogP contribution in [-0.4, -0.2) is 38.6 Å². The summed E-state index contributed by atoms with van der Waals surface area (Å²) in [5.41, 5.74) is 1.39. The fourth-order valence-electron chi connectivity index (χ4n) is 3.28. The molecule has 0 spiro atoms. The van der Waals surface area contributed by atoms with Crippen LogP contribution in [-0.2, 0) is 4.79 Å². The molecule has 4 aromatic rings. The van der Waals surface area contributed by atoms with Crippen LogP contribution < -0.4 is 14.8 Å². The molecular weight excluding hydrogens is 452 g/mol. The van der Waals surface area contributed by atoms with E-state index in [9.17, 15) is 9.90 Å². The number of phenolic OH excluding ortho intramolecular Hbond substituents is 1. The normalized spacial score (nSPS) is 11.6. The second-order valence-corrected chi connectivity index (χ2v) is 8.28. The van der Waals surface area contributed by atoms with Crippen molar-refractivity contribution < 1.29 is 19.4 Å². The first kappa shape index (κ1) is 23.2. The van der Waals surface area contributed by atoms with E-state index in [4.69, 9.17) is 9.47 Å². The van der Waals surface area contributed by atoms with Crippen LogP contribution >= 0.6 is 11.8 Å². The number of phenols is 1. The molecule has 34 heavy (non-hydrogen) atoms. The smallest absolute Gasteiger partial charge is 0.234 e. The average Bonchev–Trinajstić information content (AvgIpc) is 3.28. The van der Waals surface area contributed by atoms with Gasteiger partial charge in [0.1, 0.15) is 17.2 Å². The Hall–Kier alpha value is -3.98. The molecule has 2 N–H and O–H groups in total. The van der Waals surface area contributed by atoms with Gasteiger partial charge in [0.15, 0.2) is 17.1 Å². The first-order chi connectivity index (χ1) is 16.5. The third-order valence-electron chi connectivity index (χ3n) is 4.87. The summed E-state index contributed by atoms with van der Waals surface area (Å²) in [7, 11) is 1.62. The molecule has 1 aromatic heterocycles. The van der Waals surface area contributed by atoms with Gasteiger partial charge in [-0.1, -0.05) is 36.0 Å². The molecule has 1 amide bonds. The van der Waals surface area contributed by atoms with Gasteiger partial charge < -0.3 is 19.9 Å². The van der Waals surface area contributed by atoms with E-state index in [0.29, 0.717) is 22.4 Å². The number of benzene rings is 3. The number of carbonyl (C=O) groups excluding carboxylic acids is 1. The van der Waals surface area contributed by atoms with Crippen LogP contribution in [0.4, 0.5) is 5.69 Å². The molecule has 0 aliphatic rings. The molecular formula is C25H24N4O4S. The van der Waals surface area contributed by atoms with Crippen molar-refractivity contribution in [1.29, 1.82) is 0 Å². The molecule has 0 saturated carbocycles. The number of nitrogens with one attached hydrogen (secondary N) is 1. The fraction of sp³-hybridized carbons (Fsp3) is 0.160. The van der Waals surface area contributed by atoms with Crippen molar-refractivity contribution in [3.63, 3.8) is 0 Å². The maximum atomic E-state index is 12.5. The molecule has 0 aliphatic carbocycles. The van der Waals surface area contributed by atoms with Crippen molar-refractivity contribution in [3.05, 3.63) is 84.7 Å². The number of aromatic nitrogens is 3. The summed E-state index contributed by atoms with van der Waals surface area (Å²) < 4.78 is 13.2. The molecule has 174 valence electrons. The molecule has 0 aliphatic heterocycles. The minimum atomic E-state index is -0.406. The summed E-state index contributed by atoms with van der Waals surface area (Å²) in [6, 6.07) is 23.4. The number of ether oxygens (including phenoxy) is 2. The molecule has 0 bridgehead atoms. The fourth-order valence-corrected chi connectivity index (χ4v) is 4.04. The maximum Gasteiger partial charge on any atom is 0.234 e. The molecule has 4 rings (SSSR count). The number of anilines is 1. The van der Waals surface area contributed by atoms with E-state index in [1.807, 2.05) is 66.1 Å². The lowest BCUT2D eigenvalue weighted by atomic mass is 10.3. The Morgan fingerprint density at radius 2 is 1.76 bits per heavy atom. The van der Waals surface area contributed by atoms with Gasteiger partial charge in [-0.2, -0.15) is 0 Å². The Bertz CT molecular complexity index is 1250. The van der Waals surface area contributed by atoms with Crippen LogP contribution in [0.1, 0.15) is 18.9 Å². The monoisotopic (exact) mass is 476 g/mol. The van der Waals surface area contributed by atoms with E-state index < -0.39 is 6.10 Å². The van der Waals surface area contributed by atoms with Gasteiger partial charge in [-0.05, 0) is 55.5 Å². The number of carbonyl (C=O) groups is 1. The highest BCUT2D eigenvalue weighted by molar-refractivity contribution is 7.99. The number of methoxy groups -OCH3 is 1. The molecule has 8 nitrogen and oxygen atoms in total. The largest absolute Gasteiger partial charge is 0.508 e. The number of rotatable bonds is 9. The zero-order valence-corrected chi connectivity index (χ0v) is 19.5. The summed E-state index contributed by atoms with van der Waals surface area (Å²) in [6.07, 6.45) is -0.406. The van der Waals surface area contributed by atoms with Gasteiger partial charge in [0.25, 0.3) is 0 Å². The van der Waals surface area contributed by atoms with Crippen LogP contribution in [0, 0.1) is 0 Å². The quantitative estimate of drug-likeness (QED) is 0.333. The number of amides is 1. The molecule has 1 heterocycles. The second-order valence-electron chi connectivity index (χ2n) is 7.33. The summed E-state index contributed by atoms with van der Waals surface area (Å²) in [5.74, 6) is 2.02. The van der Waals surface area contributed by atoms with Gasteiger partial charge in [-0.3, -0.25) is 9.36 Å². The van der Waals surface area contributed by atoms with Crippen molar-refractivity contribution in [2.45, 2.75) is 18.2 Å². The number of hydrogen-bond donors (Lipinski definition) is 2.